The van der Waals surface area contributed by atoms with Gasteiger partial charge in [-0.1, -0.05) is 61.0 Å². The van der Waals surface area contributed by atoms with Gasteiger partial charge in [0.2, 0.25) is 0 Å². The first kappa shape index (κ1) is 21.6. The summed E-state index contributed by atoms with van der Waals surface area (Å²) in [7, 11) is -3.74. The van der Waals surface area contributed by atoms with Gasteiger partial charge in [0.05, 0.1) is 10.6 Å². The van der Waals surface area contributed by atoms with E-state index < -0.39 is 10.0 Å². The monoisotopic (exact) mass is 422 g/mol. The van der Waals surface area contributed by atoms with E-state index in [2.05, 4.69) is 10.0 Å². The minimum atomic E-state index is -3.74. The standard InChI is InChI=1S/C24H26N2O3S/c1-17-9-13-22(14-10-17)30(28,29)26-23-15-21(12-11-18(23)2)24(27)25-16-19(3)20-7-5-4-6-8-20/h4-15,19,26H,16H2,1-3H3,(H,25,27). The molecule has 0 saturated heterocycles. The summed E-state index contributed by atoms with van der Waals surface area (Å²) in [6.07, 6.45) is 0. The summed E-state index contributed by atoms with van der Waals surface area (Å²) in [5.74, 6) is -0.0753. The van der Waals surface area contributed by atoms with E-state index in [0.29, 0.717) is 17.8 Å². The van der Waals surface area contributed by atoms with E-state index in [1.807, 2.05) is 44.2 Å². The Morgan fingerprint density at radius 3 is 2.27 bits per heavy atom. The highest BCUT2D eigenvalue weighted by atomic mass is 32.2. The van der Waals surface area contributed by atoms with Gasteiger partial charge in [0.25, 0.3) is 15.9 Å². The third kappa shape index (κ3) is 5.27. The van der Waals surface area contributed by atoms with Crippen molar-refractivity contribution in [2.75, 3.05) is 11.3 Å². The molecule has 0 aliphatic rings. The second-order valence-electron chi connectivity index (χ2n) is 7.47. The van der Waals surface area contributed by atoms with E-state index in [-0.39, 0.29) is 16.7 Å². The molecule has 0 heterocycles. The molecule has 3 aromatic carbocycles. The van der Waals surface area contributed by atoms with Crippen LogP contribution in [0.4, 0.5) is 5.69 Å². The van der Waals surface area contributed by atoms with Gasteiger partial charge in [0.1, 0.15) is 0 Å². The summed E-state index contributed by atoms with van der Waals surface area (Å²) in [6.45, 7) is 6.23. The summed E-state index contributed by atoms with van der Waals surface area (Å²) >= 11 is 0. The van der Waals surface area contributed by atoms with Gasteiger partial charge in [-0.05, 0) is 55.2 Å². The molecule has 3 aromatic rings. The minimum Gasteiger partial charge on any atom is -0.351 e. The molecule has 3 rings (SSSR count). The average molecular weight is 423 g/mol. The Balaban J connectivity index is 1.73. The fourth-order valence-corrected chi connectivity index (χ4v) is 4.16. The topological polar surface area (TPSA) is 75.3 Å². The molecule has 0 bridgehead atoms. The van der Waals surface area contributed by atoms with Crippen LogP contribution in [-0.2, 0) is 10.0 Å². The Hall–Kier alpha value is -3.12. The Morgan fingerprint density at radius 1 is 0.933 bits per heavy atom. The zero-order valence-corrected chi connectivity index (χ0v) is 18.2. The molecule has 0 aromatic heterocycles. The maximum Gasteiger partial charge on any atom is 0.261 e. The van der Waals surface area contributed by atoms with Crippen molar-refractivity contribution in [3.8, 4) is 0 Å². The lowest BCUT2D eigenvalue weighted by Crippen LogP contribution is -2.27. The normalized spacial score (nSPS) is 12.2. The Bertz CT molecular complexity index is 1120. The van der Waals surface area contributed by atoms with E-state index in [4.69, 9.17) is 0 Å². The fraction of sp³-hybridized carbons (Fsp3) is 0.208. The molecule has 2 N–H and O–H groups in total. The molecular weight excluding hydrogens is 396 g/mol. The summed E-state index contributed by atoms with van der Waals surface area (Å²) in [6, 6.07) is 21.6. The van der Waals surface area contributed by atoms with Crippen molar-refractivity contribution in [3.05, 3.63) is 95.1 Å². The molecule has 6 heteroatoms. The number of carbonyl (C=O) groups excluding carboxylic acids is 1. The van der Waals surface area contributed by atoms with E-state index in [9.17, 15) is 13.2 Å². The number of hydrogen-bond acceptors (Lipinski definition) is 3. The zero-order valence-electron chi connectivity index (χ0n) is 17.3. The molecule has 0 radical (unpaired) electrons. The predicted octanol–water partition coefficient (Wildman–Crippen LogP) is 4.64. The Labute approximate surface area is 178 Å². The number of benzene rings is 3. The van der Waals surface area contributed by atoms with Gasteiger partial charge in [-0.2, -0.15) is 0 Å². The molecule has 0 aliphatic heterocycles. The van der Waals surface area contributed by atoms with E-state index in [1.54, 1.807) is 49.4 Å². The van der Waals surface area contributed by atoms with Crippen molar-refractivity contribution in [3.63, 3.8) is 0 Å². The van der Waals surface area contributed by atoms with Crippen LogP contribution in [0.2, 0.25) is 0 Å². The second-order valence-corrected chi connectivity index (χ2v) is 9.15. The quantitative estimate of drug-likeness (QED) is 0.583. The van der Waals surface area contributed by atoms with E-state index in [0.717, 1.165) is 16.7 Å². The summed E-state index contributed by atoms with van der Waals surface area (Å²) in [5, 5.41) is 2.93. The number of amides is 1. The number of anilines is 1. The maximum atomic E-state index is 12.7. The summed E-state index contributed by atoms with van der Waals surface area (Å²) in [5.41, 5.74) is 3.66. The SMILES string of the molecule is Cc1ccc(S(=O)(=O)Nc2cc(C(=O)NCC(C)c3ccccc3)ccc2C)cc1. The highest BCUT2D eigenvalue weighted by Crippen LogP contribution is 2.22. The molecule has 156 valence electrons. The molecule has 0 saturated carbocycles. The highest BCUT2D eigenvalue weighted by molar-refractivity contribution is 7.92. The number of rotatable bonds is 7. The minimum absolute atomic E-state index is 0.167. The van der Waals surface area contributed by atoms with E-state index >= 15 is 0 Å². The van der Waals surface area contributed by atoms with Crippen molar-refractivity contribution in [2.45, 2.75) is 31.6 Å². The van der Waals surface area contributed by atoms with Crippen LogP contribution in [0.25, 0.3) is 0 Å². The molecule has 1 unspecified atom stereocenters. The molecule has 1 atom stereocenters. The largest absolute Gasteiger partial charge is 0.351 e. The van der Waals surface area contributed by atoms with Crippen molar-refractivity contribution < 1.29 is 13.2 Å². The van der Waals surface area contributed by atoms with Gasteiger partial charge >= 0.3 is 0 Å². The van der Waals surface area contributed by atoms with Gasteiger partial charge in [0.15, 0.2) is 0 Å². The number of hydrogen-bond donors (Lipinski definition) is 2. The number of aryl methyl sites for hydroxylation is 2. The van der Waals surface area contributed by atoms with Crippen LogP contribution in [0, 0.1) is 13.8 Å². The van der Waals surface area contributed by atoms with Crippen LogP contribution in [0.3, 0.4) is 0 Å². The molecule has 5 nitrogen and oxygen atoms in total. The highest BCUT2D eigenvalue weighted by Gasteiger charge is 2.17. The molecule has 30 heavy (non-hydrogen) atoms. The van der Waals surface area contributed by atoms with E-state index in [1.165, 1.54) is 0 Å². The van der Waals surface area contributed by atoms with Crippen molar-refractivity contribution >= 4 is 21.6 Å². The van der Waals surface area contributed by atoms with Crippen molar-refractivity contribution in [1.29, 1.82) is 0 Å². The van der Waals surface area contributed by atoms with Gasteiger partial charge in [-0.15, -0.1) is 0 Å². The van der Waals surface area contributed by atoms with Crippen molar-refractivity contribution in [1.82, 2.24) is 5.32 Å². The Kier molecular flexibility index (Phi) is 6.57. The third-order valence-corrected chi connectivity index (χ3v) is 6.39. The molecule has 0 aliphatic carbocycles. The third-order valence-electron chi connectivity index (χ3n) is 5.01. The van der Waals surface area contributed by atoms with Gasteiger partial charge in [0, 0.05) is 12.1 Å². The van der Waals surface area contributed by atoms with Crippen LogP contribution in [0.5, 0.6) is 0 Å². The maximum absolute atomic E-state index is 12.7. The fourth-order valence-electron chi connectivity index (χ4n) is 3.04. The number of nitrogens with one attached hydrogen (secondary N) is 2. The summed E-state index contributed by atoms with van der Waals surface area (Å²) in [4.78, 5) is 12.8. The predicted molar refractivity (Wildman–Crippen MR) is 120 cm³/mol. The van der Waals surface area contributed by atoms with Gasteiger partial charge < -0.3 is 5.32 Å². The van der Waals surface area contributed by atoms with Gasteiger partial charge in [-0.25, -0.2) is 8.42 Å². The number of carbonyl (C=O) groups is 1. The van der Waals surface area contributed by atoms with Crippen LogP contribution in [0.1, 0.15) is 39.9 Å². The smallest absolute Gasteiger partial charge is 0.261 e. The first-order valence-electron chi connectivity index (χ1n) is 9.79. The molecule has 1 amide bonds. The van der Waals surface area contributed by atoms with Crippen LogP contribution >= 0.6 is 0 Å². The lowest BCUT2D eigenvalue weighted by molar-refractivity contribution is 0.0951. The van der Waals surface area contributed by atoms with Crippen LogP contribution in [0.15, 0.2) is 77.7 Å². The van der Waals surface area contributed by atoms with Gasteiger partial charge in [-0.3, -0.25) is 9.52 Å². The lowest BCUT2D eigenvalue weighted by Gasteiger charge is -2.15. The summed E-state index contributed by atoms with van der Waals surface area (Å²) < 4.78 is 28.0. The van der Waals surface area contributed by atoms with Crippen molar-refractivity contribution in [2.24, 2.45) is 0 Å². The first-order valence-corrected chi connectivity index (χ1v) is 11.3. The number of sulfonamides is 1. The lowest BCUT2D eigenvalue weighted by atomic mass is 10.0. The Morgan fingerprint density at radius 2 is 1.60 bits per heavy atom. The van der Waals surface area contributed by atoms with Crippen LogP contribution < -0.4 is 10.0 Å². The second kappa shape index (κ2) is 9.13. The molecular formula is C24H26N2O3S. The molecule has 0 fully saturated rings. The molecule has 0 spiro atoms. The van der Waals surface area contributed by atoms with Crippen LogP contribution in [-0.4, -0.2) is 20.9 Å². The first-order chi connectivity index (χ1) is 14.3. The average Bonchev–Trinajstić information content (AvgIpc) is 2.74. The zero-order chi connectivity index (χ0) is 21.7.